The van der Waals surface area contributed by atoms with Crippen molar-refractivity contribution in [3.63, 3.8) is 0 Å². The molecule has 0 heterocycles. The van der Waals surface area contributed by atoms with Crippen LogP contribution in [0.1, 0.15) is 48.6 Å². The predicted molar refractivity (Wildman–Crippen MR) is 184 cm³/mol. The zero-order valence-electron chi connectivity index (χ0n) is 27.9. The average molecular weight is 687 g/mol. The van der Waals surface area contributed by atoms with Crippen molar-refractivity contribution < 1.29 is 31.1 Å². The second kappa shape index (κ2) is 14.3. The first-order valence-electron chi connectivity index (χ1n) is 15.4. The molecule has 0 saturated heterocycles. The first-order chi connectivity index (χ1) is 22.3. The number of allylic oxidation sites excluding steroid dienone is 1. The van der Waals surface area contributed by atoms with Gasteiger partial charge in [0.2, 0.25) is 0 Å². The number of aryl methyl sites for hydroxylation is 2. The second-order valence-electron chi connectivity index (χ2n) is 13.1. The van der Waals surface area contributed by atoms with Crippen LogP contribution in [0.5, 0.6) is 5.75 Å². The van der Waals surface area contributed by atoms with E-state index < -0.39 is 35.9 Å². The normalized spacial score (nSPS) is 13.2. The van der Waals surface area contributed by atoms with Crippen LogP contribution < -0.4 is 26.0 Å². The molecule has 0 unspecified atom stereocenters. The van der Waals surface area contributed by atoms with Crippen molar-refractivity contribution in [3.05, 3.63) is 131 Å². The Hall–Kier alpha value is -3.97. The maximum Gasteiger partial charge on any atom is 0.416 e. The maximum absolute atomic E-state index is 13.5. The fourth-order valence-electron chi connectivity index (χ4n) is 5.42. The van der Waals surface area contributed by atoms with Gasteiger partial charge < -0.3 is 10.1 Å². The lowest BCUT2D eigenvalue weighted by Gasteiger charge is -2.34. The number of alkyl halides is 6. The van der Waals surface area contributed by atoms with Gasteiger partial charge in [-0.25, -0.2) is 0 Å². The average Bonchev–Trinajstić information content (AvgIpc) is 3.01. The third-order valence-electron chi connectivity index (χ3n) is 8.23. The molecule has 1 N–H and O–H groups in total. The number of nitrogens with one attached hydrogen (secondary N) is 1. The fourth-order valence-corrected chi connectivity index (χ4v) is 8.95. The summed E-state index contributed by atoms with van der Waals surface area (Å²) < 4.78 is 92.2. The van der Waals surface area contributed by atoms with E-state index in [-0.39, 0.29) is 36.3 Å². The molecule has 0 fully saturated rings. The van der Waals surface area contributed by atoms with Crippen LogP contribution in [0.15, 0.2) is 108 Å². The Morgan fingerprint density at radius 3 is 1.52 bits per heavy atom. The summed E-state index contributed by atoms with van der Waals surface area (Å²) in [5.74, 6) is 0.707. The van der Waals surface area contributed by atoms with Crippen LogP contribution in [0, 0.1) is 19.3 Å². The Morgan fingerprint density at radius 1 is 0.729 bits per heavy atom. The minimum atomic E-state index is -4.93. The molecule has 0 aliphatic carbocycles. The molecular weight excluding hydrogens is 645 g/mol. The summed E-state index contributed by atoms with van der Waals surface area (Å²) in [6, 6.07) is 25.8. The van der Waals surface area contributed by atoms with Gasteiger partial charge in [-0.05, 0) is 67.3 Å². The Bertz CT molecular complexity index is 1690. The monoisotopic (exact) mass is 686 g/mol. The van der Waals surface area contributed by atoms with Gasteiger partial charge in [-0.1, -0.05) is 87.0 Å². The van der Waals surface area contributed by atoms with Crippen molar-refractivity contribution in [2.75, 3.05) is 13.7 Å². The van der Waals surface area contributed by atoms with Crippen LogP contribution in [-0.4, -0.2) is 19.7 Å². The third-order valence-corrected chi connectivity index (χ3v) is 12.0. The summed E-state index contributed by atoms with van der Waals surface area (Å²) in [7, 11) is -1.05. The molecule has 4 aromatic rings. The molecule has 48 heavy (non-hydrogen) atoms. The number of methoxy groups -OCH3 is 1. The molecule has 0 spiro atoms. The lowest BCUT2D eigenvalue weighted by molar-refractivity contribution is -0.143. The first-order valence-corrected chi connectivity index (χ1v) is 17.2. The second-order valence-corrected chi connectivity index (χ2v) is 16.2. The minimum absolute atomic E-state index is 0.134. The van der Waals surface area contributed by atoms with Crippen molar-refractivity contribution in [1.82, 2.24) is 5.32 Å². The largest absolute Gasteiger partial charge is 0.497 e. The highest BCUT2D eigenvalue weighted by Crippen LogP contribution is 2.47. The summed E-state index contributed by atoms with van der Waals surface area (Å²) in [4.78, 5) is 0. The molecule has 1 atom stereocenters. The van der Waals surface area contributed by atoms with Crippen LogP contribution in [0.25, 0.3) is 0 Å². The van der Waals surface area contributed by atoms with E-state index in [2.05, 4.69) is 60.4 Å². The summed E-state index contributed by atoms with van der Waals surface area (Å²) in [6.45, 7) is 14.4. The SMILES string of the molecule is C=C(Cc1cc(C(F)(F)F)cc(C(F)(F)F)c1)N[C@@H](CN=P(c1ccc(C)cc1)(c1ccc(C)cc1)c1ccc(OC)cc1)C(C)(C)C. The molecule has 3 nitrogen and oxygen atoms in total. The number of rotatable bonds is 10. The molecule has 0 bridgehead atoms. The summed E-state index contributed by atoms with van der Waals surface area (Å²) >= 11 is 0. The lowest BCUT2D eigenvalue weighted by atomic mass is 9.86. The van der Waals surface area contributed by atoms with E-state index in [9.17, 15) is 26.3 Å². The van der Waals surface area contributed by atoms with E-state index in [0.29, 0.717) is 5.75 Å². The van der Waals surface area contributed by atoms with E-state index in [4.69, 9.17) is 9.48 Å². The number of benzene rings is 4. The molecule has 0 aliphatic heterocycles. The molecule has 0 amide bonds. The highest BCUT2D eigenvalue weighted by Gasteiger charge is 2.37. The Kier molecular flexibility index (Phi) is 10.9. The van der Waals surface area contributed by atoms with Gasteiger partial charge in [0, 0.05) is 28.0 Å². The van der Waals surface area contributed by atoms with Gasteiger partial charge in [0.1, 0.15) is 5.75 Å². The number of nitrogens with zero attached hydrogens (tertiary/aromatic N) is 1. The van der Waals surface area contributed by atoms with Crippen molar-refractivity contribution in [2.45, 2.75) is 59.4 Å². The van der Waals surface area contributed by atoms with Crippen molar-refractivity contribution in [1.29, 1.82) is 0 Å². The molecule has 10 heteroatoms. The lowest BCUT2D eigenvalue weighted by Crippen LogP contribution is -2.42. The minimum Gasteiger partial charge on any atom is -0.497 e. The van der Waals surface area contributed by atoms with Crippen LogP contribution in [-0.2, 0) is 18.8 Å². The maximum atomic E-state index is 13.5. The van der Waals surface area contributed by atoms with Gasteiger partial charge in [0.25, 0.3) is 0 Å². The number of hydrogen-bond donors (Lipinski definition) is 1. The summed E-state index contributed by atoms with van der Waals surface area (Å²) in [5, 5.41) is 6.42. The van der Waals surface area contributed by atoms with E-state index in [1.165, 1.54) is 0 Å². The van der Waals surface area contributed by atoms with Crippen molar-refractivity contribution >= 4 is 23.0 Å². The Balaban J connectivity index is 1.81. The van der Waals surface area contributed by atoms with Gasteiger partial charge in [0.15, 0.2) is 0 Å². The molecule has 4 aromatic carbocycles. The third kappa shape index (κ3) is 8.73. The highest BCUT2D eigenvalue weighted by molar-refractivity contribution is 7.87. The Morgan fingerprint density at radius 2 is 1.15 bits per heavy atom. The fraction of sp³-hybridized carbons (Fsp3) is 0.316. The van der Waals surface area contributed by atoms with E-state index in [1.54, 1.807) is 7.11 Å². The van der Waals surface area contributed by atoms with E-state index in [0.717, 1.165) is 39.2 Å². The van der Waals surface area contributed by atoms with Crippen molar-refractivity contribution in [2.24, 2.45) is 10.2 Å². The molecule has 256 valence electrons. The summed E-state index contributed by atoms with van der Waals surface area (Å²) in [6.07, 6.45) is -10.1. The molecule has 4 rings (SSSR count). The number of halogens is 6. The molecule has 0 radical (unpaired) electrons. The van der Waals surface area contributed by atoms with E-state index >= 15 is 0 Å². The van der Waals surface area contributed by atoms with Gasteiger partial charge in [0.05, 0.1) is 37.9 Å². The number of ether oxygens (including phenoxy) is 1. The van der Waals surface area contributed by atoms with Crippen molar-refractivity contribution in [3.8, 4) is 5.75 Å². The van der Waals surface area contributed by atoms with Gasteiger partial charge in [-0.15, -0.1) is 0 Å². The quantitative estimate of drug-likeness (QED) is 0.133. The zero-order valence-corrected chi connectivity index (χ0v) is 28.8. The van der Waals surface area contributed by atoms with Gasteiger partial charge in [-0.3, -0.25) is 4.74 Å². The van der Waals surface area contributed by atoms with Gasteiger partial charge >= 0.3 is 12.4 Å². The first kappa shape index (κ1) is 36.9. The molecular formula is C38H41F6N2OP. The van der Waals surface area contributed by atoms with Crippen LogP contribution in [0.2, 0.25) is 0 Å². The molecule has 0 saturated carbocycles. The predicted octanol–water partition coefficient (Wildman–Crippen LogP) is 9.59. The summed E-state index contributed by atoms with van der Waals surface area (Å²) in [5.41, 5.74) is -0.780. The van der Waals surface area contributed by atoms with Gasteiger partial charge in [-0.2, -0.15) is 26.3 Å². The molecule has 0 aliphatic rings. The Labute approximate surface area is 279 Å². The zero-order chi connectivity index (χ0) is 35.5. The molecule has 0 aromatic heterocycles. The highest BCUT2D eigenvalue weighted by atomic mass is 31.2. The van der Waals surface area contributed by atoms with E-state index in [1.807, 2.05) is 58.9 Å². The van der Waals surface area contributed by atoms with Crippen LogP contribution >= 0.6 is 7.05 Å². The van der Waals surface area contributed by atoms with Crippen LogP contribution in [0.4, 0.5) is 26.3 Å². The standard InChI is InChI=1S/C38H41F6N2OP/c1-25-8-14-32(15-9-25)48(33-16-10-26(2)11-17-33,34-18-12-31(47-7)13-19-34)45-24-35(36(4,5)6)46-27(3)20-28-21-29(37(39,40)41)23-30(22-28)38(42,43)44/h8-19,21-23,35,46H,3,20,24H2,1-2,4-7H3/t35-/m0/s1. The number of hydrogen-bond acceptors (Lipinski definition) is 3. The van der Waals surface area contributed by atoms with Crippen LogP contribution in [0.3, 0.4) is 0 Å². The topological polar surface area (TPSA) is 33.6 Å². The smallest absolute Gasteiger partial charge is 0.416 e.